The Bertz CT molecular complexity index is 1230. The maximum atomic E-state index is 9.86. The summed E-state index contributed by atoms with van der Waals surface area (Å²) >= 11 is 0. The number of benzene rings is 1. The summed E-state index contributed by atoms with van der Waals surface area (Å²) < 4.78 is 6.23. The fraction of sp³-hybridized carbons (Fsp3) is 0.360. The molecule has 7 heteroatoms. The molecule has 2 aliphatic rings. The summed E-state index contributed by atoms with van der Waals surface area (Å²) in [5.41, 5.74) is 6.48. The molecular formula is C25H26N6O. The van der Waals surface area contributed by atoms with Crippen LogP contribution in [0, 0.1) is 11.3 Å². The topological polar surface area (TPSA) is 99.5 Å². The maximum Gasteiger partial charge on any atom is 0.242 e. The second-order valence-electron chi connectivity index (χ2n) is 8.54. The van der Waals surface area contributed by atoms with E-state index >= 15 is 0 Å². The minimum Gasteiger partial charge on any atom is -0.437 e. The standard InChI is InChI=1S/C25H26N6O/c1-3-18-19-11-15(2)5-4-6-16(19)9-10-22(18)32-25-20(13-26)24(27-14-28-25)29-23-12-21(30-31-23)17-7-8-17/h9-12,14,17H,3-8H2,1-2H3,(H2,27,28,29,30,31). The van der Waals surface area contributed by atoms with Crippen molar-refractivity contribution in [1.29, 1.82) is 5.26 Å². The molecule has 0 saturated heterocycles. The Balaban J connectivity index is 1.47. The molecule has 1 aromatic carbocycles. The summed E-state index contributed by atoms with van der Waals surface area (Å²) in [5.74, 6) is 2.56. The van der Waals surface area contributed by atoms with E-state index in [1.165, 1.54) is 35.9 Å². The first-order chi connectivity index (χ1) is 15.7. The highest BCUT2D eigenvalue weighted by atomic mass is 16.5. The molecule has 2 N–H and O–H groups in total. The van der Waals surface area contributed by atoms with E-state index in [0.29, 0.717) is 17.6 Å². The lowest BCUT2D eigenvalue weighted by molar-refractivity contribution is 0.454. The molecular weight excluding hydrogens is 400 g/mol. The van der Waals surface area contributed by atoms with Crippen molar-refractivity contribution in [2.75, 3.05) is 5.32 Å². The van der Waals surface area contributed by atoms with E-state index in [4.69, 9.17) is 4.74 Å². The Kier molecular flexibility index (Phi) is 5.36. The normalized spacial score (nSPS) is 15.3. The molecule has 2 aliphatic carbocycles. The van der Waals surface area contributed by atoms with Crippen molar-refractivity contribution in [2.24, 2.45) is 0 Å². The maximum absolute atomic E-state index is 9.86. The first kappa shape index (κ1) is 20.3. The average Bonchev–Trinajstić information content (AvgIpc) is 3.57. The van der Waals surface area contributed by atoms with Crippen LogP contribution in [0.2, 0.25) is 0 Å². The Morgan fingerprint density at radius 3 is 2.91 bits per heavy atom. The van der Waals surface area contributed by atoms with Crippen LogP contribution in [-0.2, 0) is 12.8 Å². The molecule has 0 radical (unpaired) electrons. The summed E-state index contributed by atoms with van der Waals surface area (Å²) in [6.07, 6.45) is 10.2. The minimum atomic E-state index is 0.243. The first-order valence-corrected chi connectivity index (χ1v) is 11.2. The van der Waals surface area contributed by atoms with Crippen molar-refractivity contribution >= 4 is 17.7 Å². The number of fused-ring (bicyclic) bond motifs is 1. The van der Waals surface area contributed by atoms with Gasteiger partial charge in [0, 0.05) is 23.2 Å². The van der Waals surface area contributed by atoms with Crippen molar-refractivity contribution in [3.63, 3.8) is 0 Å². The monoisotopic (exact) mass is 426 g/mol. The lowest BCUT2D eigenvalue weighted by Gasteiger charge is -2.16. The molecule has 3 aromatic rings. The molecule has 1 fully saturated rings. The van der Waals surface area contributed by atoms with Crippen molar-refractivity contribution in [2.45, 2.75) is 58.3 Å². The number of H-pyrrole nitrogens is 1. The lowest BCUT2D eigenvalue weighted by Crippen LogP contribution is -2.03. The molecule has 0 aliphatic heterocycles. The Hall–Kier alpha value is -3.66. The molecule has 2 heterocycles. The van der Waals surface area contributed by atoms with E-state index in [1.807, 2.05) is 12.1 Å². The van der Waals surface area contributed by atoms with Crippen LogP contribution in [0.25, 0.3) is 6.08 Å². The molecule has 32 heavy (non-hydrogen) atoms. The van der Waals surface area contributed by atoms with Gasteiger partial charge in [0.2, 0.25) is 5.88 Å². The molecule has 2 aromatic heterocycles. The first-order valence-electron chi connectivity index (χ1n) is 11.2. The summed E-state index contributed by atoms with van der Waals surface area (Å²) in [6, 6.07) is 8.30. The van der Waals surface area contributed by atoms with Gasteiger partial charge in [-0.1, -0.05) is 24.6 Å². The molecule has 162 valence electrons. The summed E-state index contributed by atoms with van der Waals surface area (Å²) in [5, 5.41) is 20.4. The van der Waals surface area contributed by atoms with Gasteiger partial charge >= 0.3 is 0 Å². The van der Waals surface area contributed by atoms with Crippen molar-refractivity contribution in [3.8, 4) is 17.7 Å². The Labute approximate surface area is 187 Å². The van der Waals surface area contributed by atoms with Gasteiger partial charge in [-0.2, -0.15) is 10.4 Å². The minimum absolute atomic E-state index is 0.243. The summed E-state index contributed by atoms with van der Waals surface area (Å²) in [4.78, 5) is 8.54. The Morgan fingerprint density at radius 2 is 2.12 bits per heavy atom. The number of anilines is 2. The van der Waals surface area contributed by atoms with Gasteiger partial charge in [0.1, 0.15) is 18.1 Å². The number of aromatic nitrogens is 4. The van der Waals surface area contributed by atoms with Crippen molar-refractivity contribution < 1.29 is 4.74 Å². The largest absolute Gasteiger partial charge is 0.437 e. The second-order valence-corrected chi connectivity index (χ2v) is 8.54. The van der Waals surface area contributed by atoms with Crippen LogP contribution in [0.4, 0.5) is 11.6 Å². The second kappa shape index (κ2) is 8.46. The molecule has 0 bridgehead atoms. The van der Waals surface area contributed by atoms with Gasteiger partial charge in [-0.15, -0.1) is 0 Å². The van der Waals surface area contributed by atoms with E-state index in [2.05, 4.69) is 57.5 Å². The molecule has 0 spiro atoms. The van der Waals surface area contributed by atoms with Crippen LogP contribution in [0.5, 0.6) is 11.6 Å². The molecule has 0 unspecified atom stereocenters. The van der Waals surface area contributed by atoms with E-state index < -0.39 is 0 Å². The molecule has 7 nitrogen and oxygen atoms in total. The quantitative estimate of drug-likeness (QED) is 0.518. The highest BCUT2D eigenvalue weighted by Gasteiger charge is 2.26. The van der Waals surface area contributed by atoms with Gasteiger partial charge in [0.05, 0.1) is 0 Å². The zero-order valence-corrected chi connectivity index (χ0v) is 18.4. The third-order valence-electron chi connectivity index (χ3n) is 6.16. The van der Waals surface area contributed by atoms with E-state index in [1.54, 1.807) is 0 Å². The van der Waals surface area contributed by atoms with Crippen LogP contribution in [-0.4, -0.2) is 20.2 Å². The van der Waals surface area contributed by atoms with E-state index in [0.717, 1.165) is 42.7 Å². The highest BCUT2D eigenvalue weighted by molar-refractivity contribution is 5.66. The van der Waals surface area contributed by atoms with Gasteiger partial charge in [0.25, 0.3) is 0 Å². The number of nitrogens with one attached hydrogen (secondary N) is 2. The number of aryl methyl sites for hydroxylation is 1. The number of nitriles is 1. The predicted octanol–water partition coefficient (Wildman–Crippen LogP) is 5.79. The third-order valence-corrected chi connectivity index (χ3v) is 6.16. The number of ether oxygens (including phenoxy) is 1. The van der Waals surface area contributed by atoms with Gasteiger partial charge in [-0.25, -0.2) is 9.97 Å². The summed E-state index contributed by atoms with van der Waals surface area (Å²) in [7, 11) is 0. The van der Waals surface area contributed by atoms with Gasteiger partial charge in [-0.3, -0.25) is 5.10 Å². The fourth-order valence-electron chi connectivity index (χ4n) is 4.30. The highest BCUT2D eigenvalue weighted by Crippen LogP contribution is 2.40. The number of aromatic amines is 1. The fourth-order valence-corrected chi connectivity index (χ4v) is 4.30. The molecule has 0 amide bonds. The van der Waals surface area contributed by atoms with Gasteiger partial charge < -0.3 is 10.1 Å². The Morgan fingerprint density at radius 1 is 1.25 bits per heavy atom. The zero-order valence-electron chi connectivity index (χ0n) is 18.4. The predicted molar refractivity (Wildman–Crippen MR) is 123 cm³/mol. The van der Waals surface area contributed by atoms with E-state index in [-0.39, 0.29) is 11.4 Å². The van der Waals surface area contributed by atoms with Crippen LogP contribution >= 0.6 is 0 Å². The number of nitrogens with zero attached hydrogens (tertiary/aromatic N) is 4. The van der Waals surface area contributed by atoms with Crippen LogP contribution in [0.1, 0.15) is 73.4 Å². The number of hydrogen-bond acceptors (Lipinski definition) is 6. The summed E-state index contributed by atoms with van der Waals surface area (Å²) in [6.45, 7) is 4.31. The van der Waals surface area contributed by atoms with Gasteiger partial charge in [0.15, 0.2) is 17.2 Å². The molecule has 0 atom stereocenters. The van der Waals surface area contributed by atoms with Gasteiger partial charge in [-0.05, 0) is 62.6 Å². The van der Waals surface area contributed by atoms with Crippen molar-refractivity contribution in [3.05, 3.63) is 58.0 Å². The lowest BCUT2D eigenvalue weighted by atomic mass is 9.96. The average molecular weight is 427 g/mol. The zero-order chi connectivity index (χ0) is 22.1. The van der Waals surface area contributed by atoms with Crippen LogP contribution in [0.3, 0.4) is 0 Å². The van der Waals surface area contributed by atoms with Crippen LogP contribution < -0.4 is 10.1 Å². The SMILES string of the molecule is CCc1c(Oc2ncnc(Nc3cc(C4CC4)[nH]n3)c2C#N)ccc2c1C=C(C)CCC2. The molecule has 1 saturated carbocycles. The third kappa shape index (κ3) is 3.96. The number of hydrogen-bond donors (Lipinski definition) is 2. The van der Waals surface area contributed by atoms with Crippen molar-refractivity contribution in [1.82, 2.24) is 20.2 Å². The van der Waals surface area contributed by atoms with E-state index in [9.17, 15) is 5.26 Å². The molecule has 5 rings (SSSR count). The van der Waals surface area contributed by atoms with Crippen LogP contribution in [0.15, 0.2) is 30.1 Å². The number of rotatable bonds is 6. The number of allylic oxidation sites excluding steroid dienone is 1. The smallest absolute Gasteiger partial charge is 0.242 e.